The molecule has 2 saturated heterocycles. The molecule has 5 rings (SSSR count). The first-order valence-electron chi connectivity index (χ1n) is 10.7. The highest BCUT2D eigenvalue weighted by Gasteiger charge is 2.57. The Morgan fingerprint density at radius 2 is 2.00 bits per heavy atom. The number of rotatable bonds is 4. The zero-order valence-electron chi connectivity index (χ0n) is 16.6. The number of aliphatic hydroxyl groups excluding tert-OH is 1. The minimum absolute atomic E-state index is 0.115. The van der Waals surface area contributed by atoms with Crippen LogP contribution in [-0.2, 0) is 26.3 Å². The van der Waals surface area contributed by atoms with E-state index in [-0.39, 0.29) is 30.0 Å². The third-order valence-electron chi connectivity index (χ3n) is 7.32. The van der Waals surface area contributed by atoms with Gasteiger partial charge in [0.1, 0.15) is 5.69 Å². The topological polar surface area (TPSA) is 58.4 Å². The van der Waals surface area contributed by atoms with Crippen LogP contribution >= 0.6 is 0 Å². The molecule has 28 heavy (non-hydrogen) atoms. The van der Waals surface area contributed by atoms with Gasteiger partial charge < -0.3 is 10.0 Å². The van der Waals surface area contributed by atoms with Crippen LogP contribution in [0.4, 0.5) is 0 Å². The average Bonchev–Trinajstić information content (AvgIpc) is 3.37. The van der Waals surface area contributed by atoms with E-state index in [0.29, 0.717) is 0 Å². The molecule has 2 fully saturated rings. The summed E-state index contributed by atoms with van der Waals surface area (Å²) in [5, 5.41) is 15.1. The average molecular weight is 380 g/mol. The number of carbonyl (C=O) groups is 1. The van der Waals surface area contributed by atoms with Crippen LogP contribution in [0.3, 0.4) is 0 Å². The second-order valence-electron chi connectivity index (χ2n) is 8.95. The van der Waals surface area contributed by atoms with Crippen molar-refractivity contribution in [3.05, 3.63) is 52.8 Å². The Kier molecular flexibility index (Phi) is 4.31. The molecule has 0 saturated carbocycles. The number of aliphatic hydroxyl groups is 1. The van der Waals surface area contributed by atoms with Crippen molar-refractivity contribution < 1.29 is 9.90 Å². The Morgan fingerprint density at radius 3 is 2.79 bits per heavy atom. The summed E-state index contributed by atoms with van der Waals surface area (Å²) in [5.74, 6) is 0.133. The lowest BCUT2D eigenvalue weighted by Gasteiger charge is -2.36. The molecule has 3 atom stereocenters. The Labute approximate surface area is 166 Å². The molecule has 0 spiro atoms. The van der Waals surface area contributed by atoms with Crippen molar-refractivity contribution >= 4 is 5.91 Å². The van der Waals surface area contributed by atoms with Gasteiger partial charge in [-0.25, -0.2) is 0 Å². The van der Waals surface area contributed by atoms with E-state index in [1.165, 1.54) is 11.1 Å². The van der Waals surface area contributed by atoms with Crippen molar-refractivity contribution in [1.82, 2.24) is 14.7 Å². The quantitative estimate of drug-likeness (QED) is 0.889. The zero-order valence-corrected chi connectivity index (χ0v) is 16.6. The van der Waals surface area contributed by atoms with Gasteiger partial charge >= 0.3 is 0 Å². The van der Waals surface area contributed by atoms with E-state index in [4.69, 9.17) is 0 Å². The molecule has 2 bridgehead atoms. The van der Waals surface area contributed by atoms with Gasteiger partial charge in [-0.3, -0.25) is 9.48 Å². The highest BCUT2D eigenvalue weighted by Crippen LogP contribution is 2.52. The SMILES string of the molecule is Cn1nc2c(c1C(=O)N1[C@H]3CC[C@@H]1[C@@](CO)(Cc1ccccc1)C3)CCCC2. The third-order valence-corrected chi connectivity index (χ3v) is 7.32. The largest absolute Gasteiger partial charge is 0.396 e. The molecule has 1 aliphatic carbocycles. The molecule has 0 unspecified atom stereocenters. The highest BCUT2D eigenvalue weighted by atomic mass is 16.3. The van der Waals surface area contributed by atoms with Crippen LogP contribution in [0.5, 0.6) is 0 Å². The fourth-order valence-electron chi connectivity index (χ4n) is 6.09. The third kappa shape index (κ3) is 2.63. The monoisotopic (exact) mass is 379 g/mol. The summed E-state index contributed by atoms with van der Waals surface area (Å²) < 4.78 is 1.81. The molecular weight excluding hydrogens is 350 g/mol. The van der Waals surface area contributed by atoms with E-state index in [1.54, 1.807) is 0 Å². The van der Waals surface area contributed by atoms with Crippen molar-refractivity contribution in [1.29, 1.82) is 0 Å². The second kappa shape index (κ2) is 6.73. The normalized spacial score (nSPS) is 28.6. The van der Waals surface area contributed by atoms with Crippen molar-refractivity contribution in [3.63, 3.8) is 0 Å². The maximum Gasteiger partial charge on any atom is 0.272 e. The number of aromatic nitrogens is 2. The summed E-state index contributed by atoms with van der Waals surface area (Å²) in [5.41, 5.74) is 4.09. The van der Waals surface area contributed by atoms with Crippen LogP contribution in [-0.4, -0.2) is 44.4 Å². The lowest BCUT2D eigenvalue weighted by Crippen LogP contribution is -2.44. The van der Waals surface area contributed by atoms with Crippen molar-refractivity contribution in [2.75, 3.05) is 6.61 Å². The maximum absolute atomic E-state index is 13.7. The number of hydrogen-bond acceptors (Lipinski definition) is 3. The molecule has 2 aromatic rings. The van der Waals surface area contributed by atoms with Crippen LogP contribution in [0.1, 0.15) is 59.4 Å². The van der Waals surface area contributed by atoms with Gasteiger partial charge in [0.25, 0.3) is 5.91 Å². The fraction of sp³-hybridized carbons (Fsp3) is 0.565. The van der Waals surface area contributed by atoms with E-state index in [9.17, 15) is 9.90 Å². The first-order valence-corrected chi connectivity index (χ1v) is 10.7. The Balaban J connectivity index is 1.47. The lowest BCUT2D eigenvalue weighted by molar-refractivity contribution is 0.0562. The van der Waals surface area contributed by atoms with Crippen LogP contribution in [0.25, 0.3) is 0 Å². The molecule has 1 aromatic carbocycles. The minimum atomic E-state index is -0.224. The molecule has 5 heteroatoms. The summed E-state index contributed by atoms with van der Waals surface area (Å²) in [4.78, 5) is 15.8. The highest BCUT2D eigenvalue weighted by molar-refractivity contribution is 5.95. The predicted octanol–water partition coefficient (Wildman–Crippen LogP) is 2.90. The minimum Gasteiger partial charge on any atom is -0.396 e. The van der Waals surface area contributed by atoms with E-state index in [0.717, 1.165) is 62.8 Å². The van der Waals surface area contributed by atoms with E-state index >= 15 is 0 Å². The molecule has 148 valence electrons. The number of amides is 1. The van der Waals surface area contributed by atoms with Gasteiger partial charge in [-0.15, -0.1) is 0 Å². The number of hydrogen-bond donors (Lipinski definition) is 1. The van der Waals surface area contributed by atoms with Gasteiger partial charge in [0.15, 0.2) is 0 Å². The van der Waals surface area contributed by atoms with Gasteiger partial charge in [0.05, 0.1) is 12.3 Å². The molecule has 3 heterocycles. The van der Waals surface area contributed by atoms with E-state index in [1.807, 2.05) is 17.8 Å². The maximum atomic E-state index is 13.7. The van der Waals surface area contributed by atoms with E-state index in [2.05, 4.69) is 34.3 Å². The van der Waals surface area contributed by atoms with Crippen LogP contribution in [0.2, 0.25) is 0 Å². The first-order chi connectivity index (χ1) is 13.6. The number of carbonyl (C=O) groups excluding carboxylic acids is 1. The van der Waals surface area contributed by atoms with Crippen LogP contribution in [0, 0.1) is 5.41 Å². The lowest BCUT2D eigenvalue weighted by atomic mass is 9.70. The van der Waals surface area contributed by atoms with Gasteiger partial charge in [0, 0.05) is 30.1 Å². The Morgan fingerprint density at radius 1 is 1.21 bits per heavy atom. The number of aryl methyl sites for hydroxylation is 2. The van der Waals surface area contributed by atoms with Crippen LogP contribution < -0.4 is 0 Å². The predicted molar refractivity (Wildman–Crippen MR) is 107 cm³/mol. The summed E-state index contributed by atoms with van der Waals surface area (Å²) in [6, 6.07) is 10.8. The molecule has 1 aromatic heterocycles. The fourth-order valence-corrected chi connectivity index (χ4v) is 6.09. The zero-order chi connectivity index (χ0) is 19.3. The molecule has 1 N–H and O–H groups in total. The molecular formula is C23H29N3O2. The van der Waals surface area contributed by atoms with E-state index < -0.39 is 0 Å². The summed E-state index contributed by atoms with van der Waals surface area (Å²) >= 11 is 0. The van der Waals surface area contributed by atoms with Gasteiger partial charge in [-0.2, -0.15) is 5.10 Å². The molecule has 0 radical (unpaired) electrons. The second-order valence-corrected chi connectivity index (χ2v) is 8.95. The van der Waals surface area contributed by atoms with Gasteiger partial charge in [0.2, 0.25) is 0 Å². The smallest absolute Gasteiger partial charge is 0.272 e. The Bertz CT molecular complexity index is 891. The van der Waals surface area contributed by atoms with Crippen LogP contribution in [0.15, 0.2) is 30.3 Å². The standard InChI is InChI=1S/C23H29N3O2/c1-25-21(18-9-5-6-10-19(18)24-25)22(28)26-17-11-12-20(26)23(14-17,15-27)13-16-7-3-2-4-8-16/h2-4,7-8,17,20,27H,5-6,9-15H2,1H3/t17-,20+,23-/m0/s1. The number of benzene rings is 1. The van der Waals surface area contributed by atoms with Gasteiger partial charge in [-0.1, -0.05) is 30.3 Å². The molecule has 3 aliphatic rings. The molecule has 2 aliphatic heterocycles. The summed E-state index contributed by atoms with van der Waals surface area (Å²) in [6.07, 6.45) is 8.02. The number of fused-ring (bicyclic) bond motifs is 3. The Hall–Kier alpha value is -2.14. The number of nitrogens with zero attached hydrogens (tertiary/aromatic N) is 3. The molecule has 5 nitrogen and oxygen atoms in total. The first kappa shape index (κ1) is 17.9. The summed E-state index contributed by atoms with van der Waals surface area (Å²) in [6.45, 7) is 0.135. The van der Waals surface area contributed by atoms with Crippen molar-refractivity contribution in [3.8, 4) is 0 Å². The summed E-state index contributed by atoms with van der Waals surface area (Å²) in [7, 11) is 1.91. The van der Waals surface area contributed by atoms with Gasteiger partial charge in [-0.05, 0) is 56.9 Å². The van der Waals surface area contributed by atoms with Crippen molar-refractivity contribution in [2.24, 2.45) is 12.5 Å². The van der Waals surface area contributed by atoms with Crippen molar-refractivity contribution in [2.45, 2.75) is 63.5 Å². The molecule has 1 amide bonds.